The van der Waals surface area contributed by atoms with Crippen LogP contribution in [0, 0.1) is 5.82 Å². The molecule has 1 aliphatic heterocycles. The molecule has 5 nitrogen and oxygen atoms in total. The van der Waals surface area contributed by atoms with E-state index in [1.165, 1.54) is 47.0 Å². The number of amides is 1. The van der Waals surface area contributed by atoms with E-state index in [1.807, 2.05) is 0 Å². The molecule has 0 atom stereocenters. The number of fused-ring (bicyclic) bond motifs is 1. The lowest BCUT2D eigenvalue weighted by atomic mass is 10.1. The molecule has 1 aromatic heterocycles. The first-order chi connectivity index (χ1) is 15.2. The lowest BCUT2D eigenvalue weighted by molar-refractivity contribution is -0.137. The largest absolute Gasteiger partial charge is 0.482 e. The Morgan fingerprint density at radius 3 is 2.56 bits per heavy atom. The number of nitrogens with zero attached hydrogens (tertiary/aromatic N) is 1. The van der Waals surface area contributed by atoms with E-state index < -0.39 is 28.9 Å². The van der Waals surface area contributed by atoms with Gasteiger partial charge in [0.15, 0.2) is 5.76 Å². The van der Waals surface area contributed by atoms with Crippen molar-refractivity contribution in [3.63, 3.8) is 0 Å². The average Bonchev–Trinajstić information content (AvgIpc) is 2.77. The predicted octanol–water partition coefficient (Wildman–Crippen LogP) is 5.13. The van der Waals surface area contributed by atoms with Crippen molar-refractivity contribution in [3.8, 4) is 5.75 Å². The smallest absolute Gasteiger partial charge is 0.416 e. The Kier molecular flexibility index (Phi) is 5.96. The zero-order valence-corrected chi connectivity index (χ0v) is 17.1. The van der Waals surface area contributed by atoms with E-state index in [0.717, 1.165) is 24.5 Å². The number of alkyl halides is 3. The predicted molar refractivity (Wildman–Crippen MR) is 110 cm³/mol. The van der Waals surface area contributed by atoms with Gasteiger partial charge in [-0.3, -0.25) is 9.59 Å². The lowest BCUT2D eigenvalue weighted by Crippen LogP contribution is -2.36. The minimum Gasteiger partial charge on any atom is -0.482 e. The molecule has 4 rings (SSSR count). The number of ether oxygens (including phenoxy) is 1. The summed E-state index contributed by atoms with van der Waals surface area (Å²) in [4.78, 5) is 27.0. The van der Waals surface area contributed by atoms with Crippen molar-refractivity contribution in [2.75, 3.05) is 17.2 Å². The summed E-state index contributed by atoms with van der Waals surface area (Å²) in [7, 11) is 0. The van der Waals surface area contributed by atoms with Crippen LogP contribution in [0.5, 0.6) is 5.75 Å². The Balaban J connectivity index is 1.55. The van der Waals surface area contributed by atoms with Crippen molar-refractivity contribution < 1.29 is 31.5 Å². The highest BCUT2D eigenvalue weighted by atomic mass is 32.2. The van der Waals surface area contributed by atoms with Gasteiger partial charge in [-0.05, 0) is 35.9 Å². The molecule has 32 heavy (non-hydrogen) atoms. The Morgan fingerprint density at radius 1 is 1.12 bits per heavy atom. The summed E-state index contributed by atoms with van der Waals surface area (Å²) in [5, 5.41) is 0. The van der Waals surface area contributed by atoms with Crippen LogP contribution in [0.2, 0.25) is 0 Å². The minimum absolute atomic E-state index is 0.0186. The summed E-state index contributed by atoms with van der Waals surface area (Å²) >= 11 is 1.34. The Bertz CT molecular complexity index is 1210. The number of carbonyl (C=O) groups excluding carboxylic acids is 1. The third-order valence-electron chi connectivity index (χ3n) is 4.71. The van der Waals surface area contributed by atoms with Crippen molar-refractivity contribution >= 4 is 23.4 Å². The summed E-state index contributed by atoms with van der Waals surface area (Å²) in [5.41, 5.74) is -0.769. The molecule has 0 saturated heterocycles. The number of rotatable bonds is 4. The van der Waals surface area contributed by atoms with Gasteiger partial charge in [0.05, 0.1) is 11.3 Å². The van der Waals surface area contributed by atoms with Gasteiger partial charge < -0.3 is 14.1 Å². The van der Waals surface area contributed by atoms with Gasteiger partial charge in [0.25, 0.3) is 5.91 Å². The van der Waals surface area contributed by atoms with Crippen molar-refractivity contribution in [2.45, 2.75) is 17.7 Å². The Labute approximate surface area is 183 Å². The molecule has 0 saturated carbocycles. The monoisotopic (exact) mass is 465 g/mol. The third-order valence-corrected chi connectivity index (χ3v) is 5.75. The number of benzene rings is 2. The molecule has 0 radical (unpaired) electrons. The second-order valence-corrected chi connectivity index (χ2v) is 8.01. The van der Waals surface area contributed by atoms with Gasteiger partial charge >= 0.3 is 6.18 Å². The van der Waals surface area contributed by atoms with Crippen LogP contribution in [-0.4, -0.2) is 18.2 Å². The molecule has 166 valence electrons. The number of halogens is 4. The normalized spacial score (nSPS) is 13.6. The molecule has 1 aliphatic rings. The maximum absolute atomic E-state index is 13.1. The molecule has 2 aromatic carbocycles. The topological polar surface area (TPSA) is 59.8 Å². The molecule has 3 aromatic rings. The highest BCUT2D eigenvalue weighted by molar-refractivity contribution is 7.99. The van der Waals surface area contributed by atoms with Crippen molar-refractivity contribution in [3.05, 3.63) is 87.7 Å². The molecule has 0 unspecified atom stereocenters. The summed E-state index contributed by atoms with van der Waals surface area (Å²) in [5.74, 6) is -1.13. The maximum atomic E-state index is 13.1. The van der Waals surface area contributed by atoms with Crippen molar-refractivity contribution in [1.82, 2.24) is 0 Å². The molecule has 0 spiro atoms. The molecular formula is C22H15F4NO4S. The van der Waals surface area contributed by atoms with E-state index in [0.29, 0.717) is 16.2 Å². The van der Waals surface area contributed by atoms with E-state index in [1.54, 1.807) is 0 Å². The third kappa shape index (κ3) is 4.64. The fourth-order valence-electron chi connectivity index (χ4n) is 3.10. The molecule has 10 heteroatoms. The molecule has 0 N–H and O–H groups in total. The fraction of sp³-hybridized carbons (Fsp3) is 0.182. The SMILES string of the molecule is O=C(c1cc(=O)c(OCc2ccc(F)cc2)co1)N1CCSc2ccc(C(F)(F)F)cc21. The van der Waals surface area contributed by atoms with Gasteiger partial charge in [-0.1, -0.05) is 12.1 Å². The molecule has 0 aliphatic carbocycles. The number of thioether (sulfide) groups is 1. The number of hydrogen-bond acceptors (Lipinski definition) is 5. The lowest BCUT2D eigenvalue weighted by Gasteiger charge is -2.29. The average molecular weight is 465 g/mol. The van der Waals surface area contributed by atoms with Gasteiger partial charge in [0.2, 0.25) is 11.2 Å². The van der Waals surface area contributed by atoms with Crippen LogP contribution in [0.3, 0.4) is 0 Å². The molecule has 0 bridgehead atoms. The highest BCUT2D eigenvalue weighted by Gasteiger charge is 2.34. The van der Waals surface area contributed by atoms with Gasteiger partial charge in [0, 0.05) is 23.3 Å². The van der Waals surface area contributed by atoms with Crippen LogP contribution in [0.25, 0.3) is 0 Å². The highest BCUT2D eigenvalue weighted by Crippen LogP contribution is 2.40. The van der Waals surface area contributed by atoms with E-state index in [4.69, 9.17) is 9.15 Å². The van der Waals surface area contributed by atoms with E-state index >= 15 is 0 Å². The first-order valence-electron chi connectivity index (χ1n) is 9.38. The minimum atomic E-state index is -4.55. The van der Waals surface area contributed by atoms with Gasteiger partial charge in [0.1, 0.15) is 18.7 Å². The number of hydrogen-bond donors (Lipinski definition) is 0. The van der Waals surface area contributed by atoms with Crippen LogP contribution in [-0.2, 0) is 12.8 Å². The summed E-state index contributed by atoms with van der Waals surface area (Å²) < 4.78 is 63.0. The van der Waals surface area contributed by atoms with Crippen LogP contribution in [0.1, 0.15) is 21.7 Å². The number of carbonyl (C=O) groups is 1. The van der Waals surface area contributed by atoms with Crippen LogP contribution in [0.15, 0.2) is 68.9 Å². The second-order valence-electron chi connectivity index (χ2n) is 6.87. The molecular weight excluding hydrogens is 450 g/mol. The van der Waals surface area contributed by atoms with Crippen molar-refractivity contribution in [1.29, 1.82) is 0 Å². The first-order valence-corrected chi connectivity index (χ1v) is 10.4. The van der Waals surface area contributed by atoms with Gasteiger partial charge in [-0.15, -0.1) is 11.8 Å². The molecule has 2 heterocycles. The fourth-order valence-corrected chi connectivity index (χ4v) is 4.07. The van der Waals surface area contributed by atoms with Gasteiger partial charge in [-0.25, -0.2) is 4.39 Å². The maximum Gasteiger partial charge on any atom is 0.416 e. The summed E-state index contributed by atoms with van der Waals surface area (Å²) in [6, 6.07) is 9.64. The molecule has 0 fully saturated rings. The van der Waals surface area contributed by atoms with E-state index in [9.17, 15) is 27.2 Å². The van der Waals surface area contributed by atoms with Crippen LogP contribution in [0.4, 0.5) is 23.2 Å². The van der Waals surface area contributed by atoms with Crippen LogP contribution >= 0.6 is 11.8 Å². The second kappa shape index (κ2) is 8.70. The van der Waals surface area contributed by atoms with Crippen LogP contribution < -0.4 is 15.1 Å². The quantitative estimate of drug-likeness (QED) is 0.500. The first kappa shape index (κ1) is 21.9. The van der Waals surface area contributed by atoms with E-state index in [2.05, 4.69) is 0 Å². The van der Waals surface area contributed by atoms with Gasteiger partial charge in [-0.2, -0.15) is 13.2 Å². The van der Waals surface area contributed by atoms with Crippen molar-refractivity contribution in [2.24, 2.45) is 0 Å². The summed E-state index contributed by atoms with van der Waals surface area (Å²) in [6.07, 6.45) is -3.58. The number of anilines is 1. The van der Waals surface area contributed by atoms with E-state index in [-0.39, 0.29) is 30.3 Å². The summed E-state index contributed by atoms with van der Waals surface area (Å²) in [6.45, 7) is 0.139. The molecule has 1 amide bonds. The zero-order chi connectivity index (χ0) is 22.9. The Morgan fingerprint density at radius 2 is 1.88 bits per heavy atom. The Hall–Kier alpha value is -3.27. The zero-order valence-electron chi connectivity index (χ0n) is 16.3. The standard InChI is InChI=1S/C22H15F4NO4S/c23-15-4-1-13(2-5-15)11-30-19-12-31-18(10-17(19)28)21(29)27-7-8-32-20-6-3-14(9-16(20)27)22(24,25)26/h1-6,9-10,12H,7-8,11H2.